The number of piperidine rings is 1. The molecular weight excluding hydrogens is 306 g/mol. The molecule has 1 aliphatic heterocycles. The summed E-state index contributed by atoms with van der Waals surface area (Å²) in [6.07, 6.45) is -2.68. The first kappa shape index (κ1) is 12.5. The van der Waals surface area contributed by atoms with Gasteiger partial charge in [-0.1, -0.05) is 22.6 Å². The first-order chi connectivity index (χ1) is 6.38. The van der Waals surface area contributed by atoms with Crippen LogP contribution in [0, 0.1) is 0 Å². The van der Waals surface area contributed by atoms with Crippen molar-refractivity contribution in [3.8, 4) is 0 Å². The average Bonchev–Trinajstić information content (AvgIpc) is 2.02. The summed E-state index contributed by atoms with van der Waals surface area (Å²) in [5.74, 6) is 0. The Morgan fingerprint density at radius 3 is 2.29 bits per heavy atom. The minimum Gasteiger partial charge on any atom is -0.300 e. The first-order valence-corrected chi connectivity index (χ1v) is 6.08. The van der Waals surface area contributed by atoms with Crippen LogP contribution in [0.3, 0.4) is 0 Å². The van der Waals surface area contributed by atoms with Gasteiger partial charge in [-0.2, -0.15) is 13.2 Å². The molecule has 1 fully saturated rings. The molecule has 0 aromatic rings. The molecule has 1 atom stereocenters. The molecule has 5 heteroatoms. The van der Waals surface area contributed by atoms with Gasteiger partial charge in [0.05, 0.1) is 6.42 Å². The largest absolute Gasteiger partial charge is 0.390 e. The molecule has 0 spiro atoms. The zero-order valence-electron chi connectivity index (χ0n) is 8.15. The van der Waals surface area contributed by atoms with E-state index in [4.69, 9.17) is 0 Å². The summed E-state index contributed by atoms with van der Waals surface area (Å²) >= 11 is 2.37. The Labute approximate surface area is 96.2 Å². The van der Waals surface area contributed by atoms with E-state index in [0.29, 0.717) is 3.92 Å². The Morgan fingerprint density at radius 1 is 1.36 bits per heavy atom. The van der Waals surface area contributed by atoms with E-state index in [-0.39, 0.29) is 6.04 Å². The number of alkyl halides is 4. The molecule has 0 saturated carbocycles. The summed E-state index contributed by atoms with van der Waals surface area (Å²) in [5, 5.41) is 0. The highest BCUT2D eigenvalue weighted by Crippen LogP contribution is 2.26. The molecule has 1 saturated heterocycles. The van der Waals surface area contributed by atoms with Crippen LogP contribution in [0.15, 0.2) is 0 Å². The lowest BCUT2D eigenvalue weighted by molar-refractivity contribution is -0.146. The zero-order chi connectivity index (χ0) is 10.8. The molecule has 84 valence electrons. The van der Waals surface area contributed by atoms with Crippen molar-refractivity contribution < 1.29 is 13.2 Å². The molecule has 14 heavy (non-hydrogen) atoms. The topological polar surface area (TPSA) is 3.24 Å². The molecule has 0 bridgehead atoms. The van der Waals surface area contributed by atoms with Crippen molar-refractivity contribution in [2.75, 3.05) is 13.1 Å². The van der Waals surface area contributed by atoms with Gasteiger partial charge in [-0.05, 0) is 32.9 Å². The van der Waals surface area contributed by atoms with Crippen LogP contribution < -0.4 is 0 Å². The standard InChI is InChI=1S/C9H15F3IN/c1-7(6-9(10,11)12)14-4-2-8(13)3-5-14/h7-8H,2-6H2,1H3/t7-/m0/s1. The molecule has 1 aliphatic rings. The third-order valence-corrected chi connectivity index (χ3v) is 3.85. The Kier molecular flexibility index (Phi) is 4.49. The van der Waals surface area contributed by atoms with Crippen molar-refractivity contribution in [3.05, 3.63) is 0 Å². The molecule has 1 rings (SSSR count). The Balaban J connectivity index is 2.34. The van der Waals surface area contributed by atoms with Gasteiger partial charge in [0.25, 0.3) is 0 Å². The zero-order valence-corrected chi connectivity index (χ0v) is 10.3. The summed E-state index contributed by atoms with van der Waals surface area (Å²) < 4.78 is 37.0. The third-order valence-electron chi connectivity index (χ3n) is 2.61. The quantitative estimate of drug-likeness (QED) is 0.558. The van der Waals surface area contributed by atoms with Gasteiger partial charge in [-0.3, -0.25) is 0 Å². The van der Waals surface area contributed by atoms with Crippen LogP contribution in [-0.4, -0.2) is 34.1 Å². The number of likely N-dealkylation sites (tertiary alicyclic amines) is 1. The van der Waals surface area contributed by atoms with Crippen LogP contribution in [0.4, 0.5) is 13.2 Å². The third kappa shape index (κ3) is 4.33. The normalized spacial score (nSPS) is 23.8. The van der Waals surface area contributed by atoms with E-state index in [1.165, 1.54) is 0 Å². The number of hydrogen-bond donors (Lipinski definition) is 0. The number of halogens is 4. The molecule has 0 aromatic carbocycles. The van der Waals surface area contributed by atoms with Crippen LogP contribution in [0.1, 0.15) is 26.2 Å². The second kappa shape index (κ2) is 5.01. The van der Waals surface area contributed by atoms with E-state index in [1.807, 2.05) is 4.90 Å². The molecule has 1 heterocycles. The minimum absolute atomic E-state index is 0.362. The van der Waals surface area contributed by atoms with Gasteiger partial charge < -0.3 is 4.90 Å². The van der Waals surface area contributed by atoms with Gasteiger partial charge in [0.2, 0.25) is 0 Å². The predicted octanol–water partition coefficient (Wildman–Crippen LogP) is 3.23. The van der Waals surface area contributed by atoms with Gasteiger partial charge in [0.15, 0.2) is 0 Å². The van der Waals surface area contributed by atoms with Gasteiger partial charge in [0.1, 0.15) is 0 Å². The molecule has 0 aromatic heterocycles. The van der Waals surface area contributed by atoms with E-state index in [2.05, 4.69) is 22.6 Å². The number of rotatable bonds is 2. The van der Waals surface area contributed by atoms with Crippen molar-refractivity contribution in [1.29, 1.82) is 0 Å². The minimum atomic E-state index is -4.03. The lowest BCUT2D eigenvalue weighted by Gasteiger charge is -2.34. The fourth-order valence-corrected chi connectivity index (χ4v) is 2.33. The lowest BCUT2D eigenvalue weighted by atomic mass is 10.1. The summed E-state index contributed by atoms with van der Waals surface area (Å²) in [5.41, 5.74) is 0. The Hall–Kier alpha value is 0.480. The fraction of sp³-hybridized carbons (Fsp3) is 1.00. The highest BCUT2D eigenvalue weighted by Gasteiger charge is 2.33. The molecule has 0 aliphatic carbocycles. The summed E-state index contributed by atoms with van der Waals surface area (Å²) in [6, 6.07) is -0.362. The van der Waals surface area contributed by atoms with Crippen LogP contribution >= 0.6 is 22.6 Å². The van der Waals surface area contributed by atoms with Crippen LogP contribution in [0.25, 0.3) is 0 Å². The van der Waals surface area contributed by atoms with E-state index >= 15 is 0 Å². The van der Waals surface area contributed by atoms with E-state index in [0.717, 1.165) is 25.9 Å². The summed E-state index contributed by atoms with van der Waals surface area (Å²) in [6.45, 7) is 3.29. The van der Waals surface area contributed by atoms with Gasteiger partial charge >= 0.3 is 6.18 Å². The molecule has 0 amide bonds. The maximum absolute atomic E-state index is 12.1. The molecular formula is C9H15F3IN. The van der Waals surface area contributed by atoms with Crippen molar-refractivity contribution >= 4 is 22.6 Å². The predicted molar refractivity (Wildman–Crippen MR) is 58.7 cm³/mol. The van der Waals surface area contributed by atoms with E-state index in [9.17, 15) is 13.2 Å². The van der Waals surface area contributed by atoms with Crippen LogP contribution in [0.2, 0.25) is 0 Å². The molecule has 0 N–H and O–H groups in total. The van der Waals surface area contributed by atoms with Gasteiger partial charge in [-0.15, -0.1) is 0 Å². The van der Waals surface area contributed by atoms with Crippen LogP contribution in [0.5, 0.6) is 0 Å². The van der Waals surface area contributed by atoms with Crippen molar-refractivity contribution in [3.63, 3.8) is 0 Å². The molecule has 1 nitrogen and oxygen atoms in total. The summed E-state index contributed by atoms with van der Waals surface area (Å²) in [7, 11) is 0. The second-order valence-electron chi connectivity index (χ2n) is 3.88. The highest BCUT2D eigenvalue weighted by molar-refractivity contribution is 14.1. The molecule has 0 unspecified atom stereocenters. The smallest absolute Gasteiger partial charge is 0.300 e. The van der Waals surface area contributed by atoms with Crippen molar-refractivity contribution in [1.82, 2.24) is 4.90 Å². The maximum Gasteiger partial charge on any atom is 0.390 e. The lowest BCUT2D eigenvalue weighted by Crippen LogP contribution is -2.42. The van der Waals surface area contributed by atoms with E-state index in [1.54, 1.807) is 6.92 Å². The SMILES string of the molecule is C[C@@H](CC(F)(F)F)N1CCC(I)CC1. The Morgan fingerprint density at radius 2 is 1.86 bits per heavy atom. The van der Waals surface area contributed by atoms with Crippen molar-refractivity contribution in [2.24, 2.45) is 0 Å². The monoisotopic (exact) mass is 321 g/mol. The van der Waals surface area contributed by atoms with Gasteiger partial charge in [-0.25, -0.2) is 0 Å². The van der Waals surface area contributed by atoms with E-state index < -0.39 is 12.6 Å². The van der Waals surface area contributed by atoms with Crippen LogP contribution in [-0.2, 0) is 0 Å². The highest BCUT2D eigenvalue weighted by atomic mass is 127. The second-order valence-corrected chi connectivity index (χ2v) is 5.64. The first-order valence-electron chi connectivity index (χ1n) is 4.83. The summed E-state index contributed by atoms with van der Waals surface area (Å²) in [4.78, 5) is 1.95. The number of nitrogens with zero attached hydrogens (tertiary/aromatic N) is 1. The Bertz CT molecular complexity index is 175. The maximum atomic E-state index is 12.1. The van der Waals surface area contributed by atoms with Crippen molar-refractivity contribution in [2.45, 2.75) is 42.3 Å². The van der Waals surface area contributed by atoms with Gasteiger partial charge in [0, 0.05) is 9.97 Å². The fourth-order valence-electron chi connectivity index (χ4n) is 1.77. The number of hydrogen-bond acceptors (Lipinski definition) is 1. The molecule has 0 radical (unpaired) electrons. The average molecular weight is 321 g/mol.